The molecule has 0 amide bonds. The smallest absolute Gasteiger partial charge is 0.311 e. The minimum atomic E-state index is -0.559. The molecule has 6 atom stereocenters. The molecule has 1 saturated carbocycles. The van der Waals surface area contributed by atoms with Crippen LogP contribution >= 0.6 is 0 Å². The highest BCUT2D eigenvalue weighted by Gasteiger charge is 2.59. The molecule has 0 bridgehead atoms. The lowest BCUT2D eigenvalue weighted by atomic mass is 9.55. The number of fused-ring (bicyclic) bond motifs is 2. The summed E-state index contributed by atoms with van der Waals surface area (Å²) in [6.45, 7) is 6.65. The van der Waals surface area contributed by atoms with Crippen LogP contribution in [0.5, 0.6) is 0 Å². The first-order valence-corrected chi connectivity index (χ1v) is 12.3. The van der Waals surface area contributed by atoms with E-state index in [1.54, 1.807) is 0 Å². The summed E-state index contributed by atoms with van der Waals surface area (Å²) in [7, 11) is 0. The van der Waals surface area contributed by atoms with Gasteiger partial charge in [-0.15, -0.1) is 0 Å². The number of hydrogen-bond donors (Lipinski definition) is 1. The highest BCUT2D eigenvalue weighted by atomic mass is 16.6. The van der Waals surface area contributed by atoms with E-state index < -0.39 is 6.10 Å². The number of likely N-dealkylation sites (tertiary alicyclic amines) is 1. The van der Waals surface area contributed by atoms with Crippen molar-refractivity contribution < 1.29 is 19.4 Å². The maximum absolute atomic E-state index is 12.9. The van der Waals surface area contributed by atoms with Crippen molar-refractivity contribution >= 4 is 11.8 Å². The van der Waals surface area contributed by atoms with E-state index in [0.29, 0.717) is 12.5 Å². The van der Waals surface area contributed by atoms with Crippen molar-refractivity contribution in [1.82, 2.24) is 4.90 Å². The van der Waals surface area contributed by atoms with Gasteiger partial charge < -0.3 is 14.7 Å². The number of benzene rings is 1. The molecule has 5 nitrogen and oxygen atoms in total. The number of Topliss-reactive ketones (excluding diaryl/α,β-unsaturated/α-hetero) is 1. The Balaban J connectivity index is 1.25. The second-order valence-electron chi connectivity index (χ2n) is 10.6. The minimum absolute atomic E-state index is 0.0480. The quantitative estimate of drug-likeness (QED) is 0.440. The molecule has 1 N–H and O–H groups in total. The van der Waals surface area contributed by atoms with Crippen molar-refractivity contribution in [1.29, 1.82) is 0 Å². The predicted octanol–water partition coefficient (Wildman–Crippen LogP) is 3.87. The van der Waals surface area contributed by atoms with Gasteiger partial charge in [-0.1, -0.05) is 55.8 Å². The van der Waals surface area contributed by atoms with Crippen LogP contribution in [0.25, 0.3) is 0 Å². The normalized spacial score (nSPS) is 37.9. The number of carbonyl (C=O) groups excluding carboxylic acids is 2. The molecule has 32 heavy (non-hydrogen) atoms. The molecular weight excluding hydrogens is 402 g/mol. The van der Waals surface area contributed by atoms with Gasteiger partial charge in [0.05, 0.1) is 12.0 Å². The number of carbonyl (C=O) groups is 2. The van der Waals surface area contributed by atoms with Crippen molar-refractivity contribution in [3.05, 3.63) is 47.5 Å². The van der Waals surface area contributed by atoms with Crippen LogP contribution in [0.2, 0.25) is 0 Å². The van der Waals surface area contributed by atoms with Crippen molar-refractivity contribution in [3.8, 4) is 0 Å². The number of allylic oxidation sites excluding steroid dienone is 1. The molecule has 172 valence electrons. The van der Waals surface area contributed by atoms with Crippen LogP contribution in [0.15, 0.2) is 42.0 Å². The van der Waals surface area contributed by atoms with Gasteiger partial charge in [-0.05, 0) is 44.7 Å². The summed E-state index contributed by atoms with van der Waals surface area (Å²) in [6, 6.07) is 9.54. The Morgan fingerprint density at radius 2 is 1.91 bits per heavy atom. The van der Waals surface area contributed by atoms with Gasteiger partial charge in [0.2, 0.25) is 0 Å². The van der Waals surface area contributed by atoms with Gasteiger partial charge >= 0.3 is 5.97 Å². The number of esters is 1. The fourth-order valence-corrected chi connectivity index (χ4v) is 6.77. The molecule has 0 radical (unpaired) electrons. The molecule has 1 aromatic rings. The van der Waals surface area contributed by atoms with Crippen LogP contribution in [0.4, 0.5) is 0 Å². The van der Waals surface area contributed by atoms with Gasteiger partial charge in [-0.2, -0.15) is 0 Å². The van der Waals surface area contributed by atoms with Crippen molar-refractivity contribution in [2.75, 3.05) is 19.6 Å². The van der Waals surface area contributed by atoms with Gasteiger partial charge in [-0.25, -0.2) is 0 Å². The zero-order chi connectivity index (χ0) is 22.5. The molecule has 2 aliphatic carbocycles. The van der Waals surface area contributed by atoms with E-state index in [-0.39, 0.29) is 41.0 Å². The summed E-state index contributed by atoms with van der Waals surface area (Å²) in [5, 5.41) is 11.5. The van der Waals surface area contributed by atoms with Crippen LogP contribution in [-0.2, 0) is 9.53 Å². The second kappa shape index (κ2) is 8.42. The predicted molar refractivity (Wildman–Crippen MR) is 122 cm³/mol. The number of nitrogens with zero attached hydrogens (tertiary/aromatic N) is 1. The molecule has 1 aromatic carbocycles. The first-order chi connectivity index (χ1) is 15.4. The van der Waals surface area contributed by atoms with E-state index in [1.807, 2.05) is 30.3 Å². The second-order valence-corrected chi connectivity index (χ2v) is 10.6. The van der Waals surface area contributed by atoms with E-state index in [1.165, 1.54) is 5.57 Å². The van der Waals surface area contributed by atoms with E-state index >= 15 is 0 Å². The fourth-order valence-electron chi connectivity index (χ4n) is 6.77. The van der Waals surface area contributed by atoms with Gasteiger partial charge in [0.15, 0.2) is 5.78 Å². The van der Waals surface area contributed by atoms with E-state index in [4.69, 9.17) is 4.74 Å². The Labute approximate surface area is 190 Å². The van der Waals surface area contributed by atoms with Gasteiger partial charge in [0.25, 0.3) is 0 Å². The Morgan fingerprint density at radius 1 is 1.19 bits per heavy atom. The lowest BCUT2D eigenvalue weighted by Crippen LogP contribution is -2.55. The van der Waals surface area contributed by atoms with Crippen LogP contribution in [0.1, 0.15) is 56.3 Å². The lowest BCUT2D eigenvalue weighted by molar-refractivity contribution is -0.145. The Bertz CT molecular complexity index is 903. The molecule has 2 heterocycles. The number of rotatable bonds is 4. The van der Waals surface area contributed by atoms with Gasteiger partial charge in [0, 0.05) is 35.8 Å². The molecule has 5 heteroatoms. The third kappa shape index (κ3) is 3.54. The summed E-state index contributed by atoms with van der Waals surface area (Å²) in [5.41, 5.74) is 1.80. The van der Waals surface area contributed by atoms with Crippen molar-refractivity contribution in [2.45, 2.75) is 58.2 Å². The summed E-state index contributed by atoms with van der Waals surface area (Å²) in [4.78, 5) is 28.0. The molecule has 2 saturated heterocycles. The number of aliphatic hydroxyl groups excluding tert-OH is 1. The van der Waals surface area contributed by atoms with Crippen molar-refractivity contribution in [2.24, 2.45) is 29.1 Å². The summed E-state index contributed by atoms with van der Waals surface area (Å²) < 4.78 is 5.82. The Kier molecular flexibility index (Phi) is 5.75. The summed E-state index contributed by atoms with van der Waals surface area (Å²) in [6.07, 6.45) is 6.02. The largest absolute Gasteiger partial charge is 0.461 e. The standard InChI is InChI=1S/C27H35NO4/c1-17-7-6-10-20-15-22-23(25(30)27(17,20)2)21(26(31)32-22)16-28-13-11-19(12-14-28)24(29)18-8-4-3-5-9-18/h3-5,8-10,17,19,21-23,25,30H,6-7,11-16H2,1-2H3/t17-,21-,22+,23+,25-,27+/m0/s1. The van der Waals surface area contributed by atoms with Crippen molar-refractivity contribution in [3.63, 3.8) is 0 Å². The third-order valence-electron chi connectivity index (χ3n) is 9.04. The highest BCUT2D eigenvalue weighted by Crippen LogP contribution is 2.56. The van der Waals surface area contributed by atoms with Gasteiger partial charge in [-0.3, -0.25) is 9.59 Å². The van der Waals surface area contributed by atoms with E-state index in [9.17, 15) is 14.7 Å². The molecule has 4 aliphatic rings. The molecule has 2 aliphatic heterocycles. The zero-order valence-corrected chi connectivity index (χ0v) is 19.2. The van der Waals surface area contributed by atoms with Crippen LogP contribution in [-0.4, -0.2) is 53.6 Å². The van der Waals surface area contributed by atoms with Crippen LogP contribution < -0.4 is 0 Å². The number of hydrogen-bond acceptors (Lipinski definition) is 5. The number of piperidine rings is 1. The number of ketones is 1. The molecule has 0 aromatic heterocycles. The molecular formula is C27H35NO4. The maximum Gasteiger partial charge on any atom is 0.311 e. The first-order valence-electron chi connectivity index (χ1n) is 12.3. The zero-order valence-electron chi connectivity index (χ0n) is 19.2. The molecule has 0 spiro atoms. The molecule has 5 rings (SSSR count). The Morgan fingerprint density at radius 3 is 2.62 bits per heavy atom. The summed E-state index contributed by atoms with van der Waals surface area (Å²) >= 11 is 0. The first kappa shape index (κ1) is 21.8. The van der Waals surface area contributed by atoms with Crippen LogP contribution in [0, 0.1) is 29.1 Å². The average molecular weight is 438 g/mol. The molecule has 3 fully saturated rings. The maximum atomic E-state index is 12.9. The SMILES string of the molecule is C[C@H]1CCC=C2C[C@H]3OC(=O)[C@@H](CN4CCC(C(=O)c5ccccc5)CC4)[C@H]3[C@H](O)[C@@]21C. The minimum Gasteiger partial charge on any atom is -0.461 e. The van der Waals surface area contributed by atoms with Crippen LogP contribution in [0.3, 0.4) is 0 Å². The van der Waals surface area contributed by atoms with E-state index in [2.05, 4.69) is 24.8 Å². The Hall–Kier alpha value is -1.98. The molecule has 0 unspecified atom stereocenters. The summed E-state index contributed by atoms with van der Waals surface area (Å²) in [5.74, 6) is 0.0862. The van der Waals surface area contributed by atoms with E-state index in [0.717, 1.165) is 50.8 Å². The number of ether oxygens (including phenoxy) is 1. The topological polar surface area (TPSA) is 66.8 Å². The van der Waals surface area contributed by atoms with Gasteiger partial charge in [0.1, 0.15) is 6.10 Å². The monoisotopic (exact) mass is 437 g/mol. The lowest BCUT2D eigenvalue weighted by Gasteiger charge is -2.52. The fraction of sp³-hybridized carbons (Fsp3) is 0.630. The average Bonchev–Trinajstić information content (AvgIpc) is 3.11. The number of aliphatic hydroxyl groups is 1. The highest BCUT2D eigenvalue weighted by molar-refractivity contribution is 5.97. The third-order valence-corrected chi connectivity index (χ3v) is 9.04.